The Bertz CT molecular complexity index is 2520. The third-order valence-corrected chi connectivity index (χ3v) is 22.3. The van der Waals surface area contributed by atoms with Crippen molar-refractivity contribution in [2.75, 3.05) is 39.6 Å². The number of ether oxygens (including phenoxy) is 3. The van der Waals surface area contributed by atoms with Gasteiger partial charge in [-0.25, -0.2) is 9.13 Å². The second kappa shape index (κ2) is 89.5. The first-order valence-corrected chi connectivity index (χ1v) is 50.2. The van der Waals surface area contributed by atoms with Gasteiger partial charge in [0.25, 0.3) is 0 Å². The van der Waals surface area contributed by atoms with Crippen LogP contribution in [0.2, 0.25) is 0 Å². The molecular formula is C97H174O16P2. The largest absolute Gasteiger partial charge is 0.472 e. The molecule has 0 amide bonds. The van der Waals surface area contributed by atoms with E-state index in [9.17, 15) is 43.5 Å². The van der Waals surface area contributed by atoms with E-state index < -0.39 is 91.5 Å². The zero-order valence-electron chi connectivity index (χ0n) is 73.7. The molecule has 18 heteroatoms. The molecule has 0 spiro atoms. The lowest BCUT2D eigenvalue weighted by molar-refractivity contribution is -0.161. The molecule has 0 saturated carbocycles. The molecule has 668 valence electrons. The highest BCUT2D eigenvalue weighted by Gasteiger charge is 2.30. The highest BCUT2D eigenvalue weighted by molar-refractivity contribution is 7.47. The van der Waals surface area contributed by atoms with Crippen LogP contribution in [-0.4, -0.2) is 95.9 Å². The lowest BCUT2D eigenvalue weighted by atomic mass is 10.0. The Morgan fingerprint density at radius 3 is 0.713 bits per heavy atom. The van der Waals surface area contributed by atoms with Crippen molar-refractivity contribution >= 4 is 33.6 Å². The van der Waals surface area contributed by atoms with Crippen molar-refractivity contribution in [2.24, 2.45) is 0 Å². The van der Waals surface area contributed by atoms with Crippen LogP contribution in [0, 0.1) is 0 Å². The first kappa shape index (κ1) is 111. The molecule has 5 unspecified atom stereocenters. The number of rotatable bonds is 90. The zero-order chi connectivity index (χ0) is 83.6. The van der Waals surface area contributed by atoms with E-state index >= 15 is 0 Å². The summed E-state index contributed by atoms with van der Waals surface area (Å²) in [5.41, 5.74) is 0. The minimum absolute atomic E-state index is 0.0969. The van der Waals surface area contributed by atoms with Crippen molar-refractivity contribution in [1.82, 2.24) is 0 Å². The molecule has 0 aromatic carbocycles. The van der Waals surface area contributed by atoms with Gasteiger partial charge >= 0.3 is 33.6 Å². The number of aliphatic hydroxyl groups excluding tert-OH is 2. The number of carbonyl (C=O) groups is 3. The van der Waals surface area contributed by atoms with E-state index in [1.807, 2.05) is 0 Å². The first-order valence-electron chi connectivity index (χ1n) is 47.2. The van der Waals surface area contributed by atoms with Gasteiger partial charge in [-0.05, 0) is 135 Å². The summed E-state index contributed by atoms with van der Waals surface area (Å²) in [5.74, 6) is -1.56. The maximum Gasteiger partial charge on any atom is 0.472 e. The molecule has 0 rings (SSSR count). The van der Waals surface area contributed by atoms with Crippen molar-refractivity contribution in [2.45, 2.75) is 450 Å². The van der Waals surface area contributed by atoms with E-state index in [4.69, 9.17) is 32.3 Å². The third-order valence-electron chi connectivity index (χ3n) is 20.4. The van der Waals surface area contributed by atoms with Gasteiger partial charge in [-0.1, -0.05) is 387 Å². The van der Waals surface area contributed by atoms with Crippen LogP contribution >= 0.6 is 15.6 Å². The number of phosphoric ester groups is 2. The van der Waals surface area contributed by atoms with Gasteiger partial charge in [-0.15, -0.1) is 0 Å². The van der Waals surface area contributed by atoms with Gasteiger partial charge in [0.05, 0.1) is 26.4 Å². The number of phosphoric acid groups is 2. The average molecular weight is 1660 g/mol. The number of esters is 3. The molecule has 0 aromatic heterocycles. The monoisotopic (exact) mass is 1660 g/mol. The van der Waals surface area contributed by atoms with E-state index in [1.54, 1.807) is 0 Å². The molecule has 5 atom stereocenters. The molecular weight excluding hydrogens is 1480 g/mol. The Morgan fingerprint density at radius 1 is 0.243 bits per heavy atom. The third kappa shape index (κ3) is 90.8. The second-order valence-electron chi connectivity index (χ2n) is 31.8. The summed E-state index contributed by atoms with van der Waals surface area (Å²) in [5, 5.41) is 20.7. The van der Waals surface area contributed by atoms with Crippen molar-refractivity contribution < 1.29 is 75.8 Å². The highest BCUT2D eigenvalue weighted by atomic mass is 31.2. The molecule has 4 N–H and O–H groups in total. The number of carbonyl (C=O) groups excluding carboxylic acids is 3. The Labute approximate surface area is 704 Å². The van der Waals surface area contributed by atoms with Crippen LogP contribution < -0.4 is 0 Å². The van der Waals surface area contributed by atoms with E-state index in [-0.39, 0.29) is 19.3 Å². The molecule has 0 heterocycles. The number of unbranched alkanes of at least 4 members (excludes halogenated alkanes) is 49. The fourth-order valence-corrected chi connectivity index (χ4v) is 14.8. The first-order chi connectivity index (χ1) is 56.2. The number of allylic oxidation sites excluding steroid dienone is 18. The Kier molecular flexibility index (Phi) is 86.5. The minimum Gasteiger partial charge on any atom is -0.463 e. The predicted octanol–water partition coefficient (Wildman–Crippen LogP) is 29.0. The summed E-state index contributed by atoms with van der Waals surface area (Å²) in [7, 11) is -9.80. The predicted molar refractivity (Wildman–Crippen MR) is 482 cm³/mol. The Balaban J connectivity index is 4.43. The maximum atomic E-state index is 13.0. The van der Waals surface area contributed by atoms with Gasteiger partial charge < -0.3 is 34.2 Å². The molecule has 115 heavy (non-hydrogen) atoms. The topological polar surface area (TPSA) is 231 Å². The molecule has 0 saturated heterocycles. The van der Waals surface area contributed by atoms with Crippen molar-refractivity contribution in [3.8, 4) is 0 Å². The minimum atomic E-state index is -4.94. The highest BCUT2D eigenvalue weighted by Crippen LogP contribution is 2.45. The average Bonchev–Trinajstić information content (AvgIpc) is 0.898. The SMILES string of the molecule is CCCCC/C=C\C/C=C\C/C=C\C/C=C\CCCCCCCCCCCCCCCCCCCC(=O)OCC(O)COP(=O)(O)OCC(O)COP(=O)(O)OCC(COC(=O)CCCCCCCCCCCCCCCCC/C=C\C/C=C\C/C=C\C/C=C\CCCCC)OC(=O)CCCCCCC/C=C\CCCCCCCC. The van der Waals surface area contributed by atoms with Crippen molar-refractivity contribution in [1.29, 1.82) is 0 Å². The summed E-state index contributed by atoms with van der Waals surface area (Å²) < 4.78 is 61.4. The summed E-state index contributed by atoms with van der Waals surface area (Å²) in [4.78, 5) is 58.9. The van der Waals surface area contributed by atoms with Gasteiger partial charge in [0.1, 0.15) is 25.4 Å². The molecule has 0 aliphatic rings. The van der Waals surface area contributed by atoms with E-state index in [2.05, 4.69) is 130 Å². The van der Waals surface area contributed by atoms with Crippen LogP contribution in [0.5, 0.6) is 0 Å². The van der Waals surface area contributed by atoms with Crippen molar-refractivity contribution in [3.05, 3.63) is 109 Å². The summed E-state index contributed by atoms with van der Waals surface area (Å²) in [6.07, 6.45) is 109. The Morgan fingerprint density at radius 2 is 0.435 bits per heavy atom. The molecule has 0 radical (unpaired) electrons. The molecule has 0 bridgehead atoms. The van der Waals surface area contributed by atoms with E-state index in [1.165, 1.54) is 257 Å². The van der Waals surface area contributed by atoms with Crippen LogP contribution in [0.15, 0.2) is 109 Å². The zero-order valence-corrected chi connectivity index (χ0v) is 75.5. The van der Waals surface area contributed by atoms with Gasteiger partial charge in [0, 0.05) is 19.3 Å². The van der Waals surface area contributed by atoms with Crippen LogP contribution in [0.1, 0.15) is 432 Å². The molecule has 16 nitrogen and oxygen atoms in total. The lowest BCUT2D eigenvalue weighted by Crippen LogP contribution is -2.30. The van der Waals surface area contributed by atoms with Crippen LogP contribution in [-0.2, 0) is 55.8 Å². The summed E-state index contributed by atoms with van der Waals surface area (Å²) in [6.45, 7) is 2.69. The Hall–Kier alpha value is -3.79. The number of hydrogen-bond donors (Lipinski definition) is 4. The molecule has 0 aliphatic heterocycles. The van der Waals surface area contributed by atoms with Crippen LogP contribution in [0.3, 0.4) is 0 Å². The quantitative estimate of drug-likeness (QED) is 0.0146. The van der Waals surface area contributed by atoms with Gasteiger partial charge in [-0.3, -0.25) is 32.5 Å². The molecule has 0 fully saturated rings. The van der Waals surface area contributed by atoms with E-state index in [0.717, 1.165) is 116 Å². The smallest absolute Gasteiger partial charge is 0.463 e. The molecule has 0 aromatic rings. The number of aliphatic hydroxyl groups is 2. The van der Waals surface area contributed by atoms with Crippen molar-refractivity contribution in [3.63, 3.8) is 0 Å². The maximum absolute atomic E-state index is 13.0. The van der Waals surface area contributed by atoms with Crippen LogP contribution in [0.25, 0.3) is 0 Å². The van der Waals surface area contributed by atoms with Crippen LogP contribution in [0.4, 0.5) is 0 Å². The normalized spacial score (nSPS) is 14.3. The lowest BCUT2D eigenvalue weighted by Gasteiger charge is -2.21. The summed E-state index contributed by atoms with van der Waals surface area (Å²) in [6, 6.07) is 0. The van der Waals surface area contributed by atoms with Gasteiger partial charge in [-0.2, -0.15) is 0 Å². The van der Waals surface area contributed by atoms with Gasteiger partial charge in [0.15, 0.2) is 6.10 Å². The fourth-order valence-electron chi connectivity index (χ4n) is 13.2. The van der Waals surface area contributed by atoms with Gasteiger partial charge in [0.2, 0.25) is 0 Å². The van der Waals surface area contributed by atoms with E-state index in [0.29, 0.717) is 19.3 Å². The number of hydrogen-bond acceptors (Lipinski definition) is 14. The summed E-state index contributed by atoms with van der Waals surface area (Å²) >= 11 is 0. The fraction of sp³-hybridized carbons (Fsp3) is 0.784. The molecule has 0 aliphatic carbocycles. The second-order valence-corrected chi connectivity index (χ2v) is 34.7. The standard InChI is InChI=1S/C97H174O16P2/c1-4-7-10-13-16-19-22-25-28-30-32-34-36-38-40-42-44-45-47-49-50-52-54-56-58-60-63-65-68-71-74-77-80-83-95(100)107-86-92(98)87-109-114(103,104)110-88-93(99)89-111-115(105,106)112-91-94(113-97(102)85-82-79-76-73-70-67-62-27-24-21-18-15-12-9-6-3)90-108-96(101)84-81-78-75-72-69-66-64-61-59-57-55-53-51-48-46-43-41-39-37-35-33-31-29-26-23-20-17-14-11-8-5-2/h16-17,19-20,25-29,32-35,38-41,62,92-94,98-99H,4-15,18,21-24,30-31,36-37,42-61,63-91H2,1-3H3,(H,103,104)(H,105,106)/b19-16-,20-17-,28-25-,29-26-,34-32-,35-33-,40-38-,41-39-,62-27-.